The van der Waals surface area contributed by atoms with Gasteiger partial charge in [-0.1, -0.05) is 32.9 Å². The third-order valence-corrected chi connectivity index (χ3v) is 6.69. The first-order chi connectivity index (χ1) is 24.3. The number of alkyl carbamates (subject to hydrolysis) is 1. The van der Waals surface area contributed by atoms with Crippen LogP contribution >= 0.6 is 0 Å². The number of anilines is 1. The maximum absolute atomic E-state index is 13.0. The summed E-state index contributed by atoms with van der Waals surface area (Å²) in [5, 5.41) is 20.6. The zero-order valence-electron chi connectivity index (χ0n) is 30.5. The third kappa shape index (κ3) is 15.9. The molecule has 2 aromatic carbocycles. The highest BCUT2D eigenvalue weighted by molar-refractivity contribution is 5.98. The van der Waals surface area contributed by atoms with Gasteiger partial charge < -0.3 is 40.4 Å². The molecule has 0 spiro atoms. The lowest BCUT2D eigenvalue weighted by molar-refractivity contribution is -0.384. The molecule has 0 bridgehead atoms. The maximum Gasteiger partial charge on any atom is 0.514 e. The molecule has 17 heteroatoms. The fourth-order valence-electron chi connectivity index (χ4n) is 4.36. The highest BCUT2D eigenvalue weighted by Gasteiger charge is 2.34. The van der Waals surface area contributed by atoms with Gasteiger partial charge in [-0.25, -0.2) is 9.59 Å². The molecular formula is C35H48N6O11. The van der Waals surface area contributed by atoms with E-state index in [4.69, 9.17) is 14.2 Å². The Morgan fingerprint density at radius 3 is 2.12 bits per heavy atom. The summed E-state index contributed by atoms with van der Waals surface area (Å²) >= 11 is 0. The molecular weight excluding hydrogens is 680 g/mol. The van der Waals surface area contributed by atoms with Crippen molar-refractivity contribution in [3.8, 4) is 5.75 Å². The highest BCUT2D eigenvalue weighted by atomic mass is 16.7. The number of nitro benzene ring substituents is 1. The molecule has 1 fully saturated rings. The van der Waals surface area contributed by atoms with Gasteiger partial charge in [0, 0.05) is 24.4 Å². The van der Waals surface area contributed by atoms with Crippen LogP contribution in [0, 0.1) is 16.0 Å². The summed E-state index contributed by atoms with van der Waals surface area (Å²) in [6, 6.07) is 9.62. The minimum absolute atomic E-state index is 0.0789. The number of ether oxygens (including phenoxy) is 3. The van der Waals surface area contributed by atoms with Crippen LogP contribution in [0.15, 0.2) is 48.5 Å². The maximum atomic E-state index is 13.0. The van der Waals surface area contributed by atoms with Crippen LogP contribution in [-0.4, -0.2) is 83.0 Å². The number of benzene rings is 2. The van der Waals surface area contributed by atoms with E-state index in [-0.39, 0.29) is 24.6 Å². The average Bonchev–Trinajstić information content (AvgIpc) is 3.55. The van der Waals surface area contributed by atoms with Crippen LogP contribution in [0.25, 0.3) is 0 Å². The van der Waals surface area contributed by atoms with Crippen molar-refractivity contribution in [2.45, 2.75) is 85.6 Å². The molecule has 0 radical (unpaired) electrons. The highest BCUT2D eigenvalue weighted by Crippen LogP contribution is 2.21. The Hall–Kier alpha value is -5.74. The lowest BCUT2D eigenvalue weighted by Crippen LogP contribution is -2.50. The predicted molar refractivity (Wildman–Crippen MR) is 189 cm³/mol. The van der Waals surface area contributed by atoms with Gasteiger partial charge in [0.1, 0.15) is 30.0 Å². The molecule has 1 saturated heterocycles. The van der Waals surface area contributed by atoms with Crippen LogP contribution in [-0.2, 0) is 35.3 Å². The molecule has 284 valence electrons. The SMILES string of the molecule is CC(C)C.C[C@H](NC(=O)OC(C)(C)C)C(=O)NCC(=O)NCC(=O)N1CCC[C@H]1C(=O)Nc1ccc(COC(=O)Oc2ccc([N+](=O)[O-])cc2)cc1. The lowest BCUT2D eigenvalue weighted by Gasteiger charge is -2.24. The van der Waals surface area contributed by atoms with Gasteiger partial charge in [-0.15, -0.1) is 0 Å². The third-order valence-electron chi connectivity index (χ3n) is 6.69. The normalized spacial score (nSPS) is 14.2. The second-order valence-electron chi connectivity index (χ2n) is 13.4. The number of nitrogens with one attached hydrogen (secondary N) is 4. The molecule has 2 atom stereocenters. The van der Waals surface area contributed by atoms with E-state index in [1.54, 1.807) is 45.0 Å². The summed E-state index contributed by atoms with van der Waals surface area (Å²) in [5.74, 6) is -1.23. The largest absolute Gasteiger partial charge is 0.514 e. The predicted octanol–water partition coefficient (Wildman–Crippen LogP) is 4.05. The Kier molecular flexibility index (Phi) is 16.5. The second kappa shape index (κ2) is 20.2. The van der Waals surface area contributed by atoms with E-state index in [9.17, 15) is 38.9 Å². The number of non-ortho nitro benzene ring substituents is 1. The van der Waals surface area contributed by atoms with Gasteiger partial charge >= 0.3 is 12.2 Å². The van der Waals surface area contributed by atoms with E-state index < -0.39 is 65.0 Å². The van der Waals surface area contributed by atoms with Gasteiger partial charge in [0.25, 0.3) is 5.69 Å². The minimum Gasteiger partial charge on any atom is -0.444 e. The van der Waals surface area contributed by atoms with Gasteiger partial charge in [-0.05, 0) is 76.3 Å². The molecule has 1 aliphatic rings. The lowest BCUT2D eigenvalue weighted by atomic mass is 10.1. The van der Waals surface area contributed by atoms with E-state index in [1.165, 1.54) is 36.1 Å². The molecule has 4 N–H and O–H groups in total. The smallest absolute Gasteiger partial charge is 0.444 e. The van der Waals surface area contributed by atoms with Crippen molar-refractivity contribution in [2.24, 2.45) is 5.92 Å². The zero-order chi connectivity index (χ0) is 39.0. The van der Waals surface area contributed by atoms with Crippen LogP contribution in [0.1, 0.15) is 66.9 Å². The summed E-state index contributed by atoms with van der Waals surface area (Å²) < 4.78 is 15.1. The van der Waals surface area contributed by atoms with Crippen molar-refractivity contribution >= 4 is 47.3 Å². The van der Waals surface area contributed by atoms with Crippen molar-refractivity contribution in [2.75, 3.05) is 25.0 Å². The standard InChI is InChI=1S/C31H38N6O11.C4H10/c1-19(34-29(42)48-31(2,3)4)27(40)33-16-25(38)32-17-26(39)36-15-5-6-24(36)28(41)35-21-9-7-20(8-10-21)18-46-30(43)47-23-13-11-22(12-14-23)37(44)45;1-4(2)3/h7-14,19,24H,5-6,15-18H2,1-4H3,(H,32,38)(H,33,40)(H,34,42)(H,35,41);4H,1-3H3/t19-,24-;/m0./s1. The molecule has 1 heterocycles. The van der Waals surface area contributed by atoms with Crippen molar-refractivity contribution in [1.29, 1.82) is 0 Å². The quantitative estimate of drug-likeness (QED) is 0.106. The van der Waals surface area contributed by atoms with E-state index >= 15 is 0 Å². The fraction of sp³-hybridized carbons (Fsp3) is 0.486. The molecule has 2 aromatic rings. The number of rotatable bonds is 12. The summed E-state index contributed by atoms with van der Waals surface area (Å²) in [7, 11) is 0. The first-order valence-corrected chi connectivity index (χ1v) is 16.7. The topological polar surface area (TPSA) is 225 Å². The first-order valence-electron chi connectivity index (χ1n) is 16.7. The van der Waals surface area contributed by atoms with Crippen molar-refractivity contribution in [1.82, 2.24) is 20.9 Å². The van der Waals surface area contributed by atoms with Crippen molar-refractivity contribution in [3.05, 3.63) is 64.2 Å². The van der Waals surface area contributed by atoms with Gasteiger partial charge in [-0.2, -0.15) is 0 Å². The Labute approximate surface area is 302 Å². The molecule has 1 aliphatic heterocycles. The van der Waals surface area contributed by atoms with Gasteiger partial charge in [0.05, 0.1) is 18.0 Å². The summed E-state index contributed by atoms with van der Waals surface area (Å²) in [4.78, 5) is 85.6. The Morgan fingerprint density at radius 2 is 1.54 bits per heavy atom. The zero-order valence-corrected chi connectivity index (χ0v) is 30.5. The number of carbonyl (C=O) groups excluding carboxylic acids is 6. The van der Waals surface area contributed by atoms with Crippen LogP contribution in [0.5, 0.6) is 5.75 Å². The van der Waals surface area contributed by atoms with Crippen LogP contribution < -0.4 is 26.0 Å². The van der Waals surface area contributed by atoms with Gasteiger partial charge in [-0.3, -0.25) is 29.3 Å². The average molecular weight is 729 g/mol. The van der Waals surface area contributed by atoms with Crippen LogP contribution in [0.4, 0.5) is 21.0 Å². The van der Waals surface area contributed by atoms with Gasteiger partial charge in [0.2, 0.25) is 23.6 Å². The molecule has 0 aliphatic carbocycles. The number of likely N-dealkylation sites (tertiary alicyclic amines) is 1. The summed E-state index contributed by atoms with van der Waals surface area (Å²) in [5.41, 5.74) is 0.136. The molecule has 0 saturated carbocycles. The van der Waals surface area contributed by atoms with E-state index in [0.717, 1.165) is 5.92 Å². The Balaban J connectivity index is 0.00000222. The number of hydrogen-bond donors (Lipinski definition) is 4. The monoisotopic (exact) mass is 728 g/mol. The first kappa shape index (κ1) is 42.4. The Morgan fingerprint density at radius 1 is 0.923 bits per heavy atom. The molecule has 17 nitrogen and oxygen atoms in total. The molecule has 5 amide bonds. The van der Waals surface area contributed by atoms with Gasteiger partial charge in [0.15, 0.2) is 0 Å². The summed E-state index contributed by atoms with van der Waals surface area (Å²) in [6.07, 6.45) is -0.777. The number of amides is 5. The van der Waals surface area contributed by atoms with E-state index in [0.29, 0.717) is 30.6 Å². The van der Waals surface area contributed by atoms with Crippen molar-refractivity contribution in [3.63, 3.8) is 0 Å². The van der Waals surface area contributed by atoms with Crippen LogP contribution in [0.2, 0.25) is 0 Å². The number of nitrogens with zero attached hydrogens (tertiary/aromatic N) is 2. The Bertz CT molecular complexity index is 1550. The van der Waals surface area contributed by atoms with Crippen LogP contribution in [0.3, 0.4) is 0 Å². The molecule has 52 heavy (non-hydrogen) atoms. The second-order valence-corrected chi connectivity index (χ2v) is 13.4. The number of nitro groups is 1. The minimum atomic E-state index is -1.00. The number of hydrogen-bond acceptors (Lipinski definition) is 11. The van der Waals surface area contributed by atoms with Crippen molar-refractivity contribution < 1.29 is 47.9 Å². The fourth-order valence-corrected chi connectivity index (χ4v) is 4.36. The molecule has 0 unspecified atom stereocenters. The summed E-state index contributed by atoms with van der Waals surface area (Å²) in [6.45, 7) is 12.3. The van der Waals surface area contributed by atoms with E-state index in [2.05, 4.69) is 42.0 Å². The molecule has 0 aromatic heterocycles. The molecule has 3 rings (SSSR count). The van der Waals surface area contributed by atoms with E-state index in [1.807, 2.05) is 0 Å². The number of carbonyl (C=O) groups is 6.